The number of hydrogen-bond acceptors (Lipinski definition) is 6. The SMILES string of the molecule is COc1ccc(NC(=O)N2CCN(Cc3nc(C)no3)CC2)cc1Cl. The maximum absolute atomic E-state index is 12.4. The molecule has 0 radical (unpaired) electrons. The zero-order valence-electron chi connectivity index (χ0n) is 14.2. The number of amides is 2. The van der Waals surface area contributed by atoms with Gasteiger partial charge in [0.15, 0.2) is 5.82 Å². The minimum absolute atomic E-state index is 0.144. The minimum Gasteiger partial charge on any atom is -0.495 e. The minimum atomic E-state index is -0.144. The molecular formula is C16H20ClN5O3. The predicted octanol–water partition coefficient (Wildman–Crippen LogP) is 2.39. The molecule has 9 heteroatoms. The van der Waals surface area contributed by atoms with E-state index in [0.717, 1.165) is 13.1 Å². The number of anilines is 1. The number of benzene rings is 1. The summed E-state index contributed by atoms with van der Waals surface area (Å²) in [5.41, 5.74) is 0.638. The number of nitrogens with one attached hydrogen (secondary N) is 1. The van der Waals surface area contributed by atoms with E-state index >= 15 is 0 Å². The zero-order valence-corrected chi connectivity index (χ0v) is 14.9. The Balaban J connectivity index is 1.50. The van der Waals surface area contributed by atoms with Crippen LogP contribution in [-0.2, 0) is 6.54 Å². The monoisotopic (exact) mass is 365 g/mol. The molecule has 25 heavy (non-hydrogen) atoms. The molecule has 1 aromatic carbocycles. The van der Waals surface area contributed by atoms with Crippen molar-refractivity contribution in [1.82, 2.24) is 19.9 Å². The molecule has 1 aliphatic rings. The van der Waals surface area contributed by atoms with Gasteiger partial charge < -0.3 is 19.5 Å². The van der Waals surface area contributed by atoms with Crippen molar-refractivity contribution >= 4 is 23.3 Å². The summed E-state index contributed by atoms with van der Waals surface area (Å²) < 4.78 is 10.2. The second-order valence-corrected chi connectivity index (χ2v) is 6.19. The van der Waals surface area contributed by atoms with Gasteiger partial charge in [0.25, 0.3) is 0 Å². The molecule has 0 spiro atoms. The molecule has 2 aromatic rings. The summed E-state index contributed by atoms with van der Waals surface area (Å²) in [6, 6.07) is 5.01. The Morgan fingerprint density at radius 2 is 2.12 bits per heavy atom. The second-order valence-electron chi connectivity index (χ2n) is 5.78. The molecule has 1 N–H and O–H groups in total. The fraction of sp³-hybridized carbons (Fsp3) is 0.438. The van der Waals surface area contributed by atoms with Gasteiger partial charge in [-0.3, -0.25) is 4.90 Å². The third-order valence-corrected chi connectivity index (χ3v) is 4.29. The van der Waals surface area contributed by atoms with Gasteiger partial charge in [0.05, 0.1) is 18.7 Å². The average Bonchev–Trinajstić information content (AvgIpc) is 3.00. The topological polar surface area (TPSA) is 83.7 Å². The van der Waals surface area contributed by atoms with Crippen LogP contribution in [0.25, 0.3) is 0 Å². The van der Waals surface area contributed by atoms with Gasteiger partial charge in [0.1, 0.15) is 5.75 Å². The van der Waals surface area contributed by atoms with Gasteiger partial charge in [-0.1, -0.05) is 16.8 Å². The number of piperazine rings is 1. The largest absolute Gasteiger partial charge is 0.495 e. The van der Waals surface area contributed by atoms with Crippen LogP contribution in [-0.4, -0.2) is 59.3 Å². The van der Waals surface area contributed by atoms with E-state index in [9.17, 15) is 4.79 Å². The Hall–Kier alpha value is -2.32. The number of ether oxygens (including phenoxy) is 1. The highest BCUT2D eigenvalue weighted by atomic mass is 35.5. The number of hydrogen-bond donors (Lipinski definition) is 1. The van der Waals surface area contributed by atoms with Gasteiger partial charge in [-0.15, -0.1) is 0 Å². The average molecular weight is 366 g/mol. The first-order valence-electron chi connectivity index (χ1n) is 7.96. The molecule has 2 heterocycles. The van der Waals surface area contributed by atoms with E-state index in [4.69, 9.17) is 20.9 Å². The molecule has 0 saturated carbocycles. The van der Waals surface area contributed by atoms with E-state index in [1.165, 1.54) is 0 Å². The van der Waals surface area contributed by atoms with Crippen LogP contribution in [0.1, 0.15) is 11.7 Å². The van der Waals surface area contributed by atoms with Gasteiger partial charge in [-0.25, -0.2) is 4.79 Å². The summed E-state index contributed by atoms with van der Waals surface area (Å²) in [4.78, 5) is 20.5. The van der Waals surface area contributed by atoms with Crippen LogP contribution in [0.5, 0.6) is 5.75 Å². The summed E-state index contributed by atoms with van der Waals surface area (Å²) in [6.07, 6.45) is 0. The molecule has 134 valence electrons. The van der Waals surface area contributed by atoms with Gasteiger partial charge in [0.2, 0.25) is 5.89 Å². The van der Waals surface area contributed by atoms with E-state index in [2.05, 4.69) is 20.4 Å². The van der Waals surface area contributed by atoms with E-state index < -0.39 is 0 Å². The van der Waals surface area contributed by atoms with Crippen LogP contribution in [0, 0.1) is 6.92 Å². The molecule has 3 rings (SSSR count). The summed E-state index contributed by atoms with van der Waals surface area (Å²) in [5, 5.41) is 7.10. The third kappa shape index (κ3) is 4.40. The van der Waals surface area contributed by atoms with Crippen LogP contribution in [0.4, 0.5) is 10.5 Å². The van der Waals surface area contributed by atoms with Crippen LogP contribution >= 0.6 is 11.6 Å². The molecule has 1 aromatic heterocycles. The maximum Gasteiger partial charge on any atom is 0.321 e. The number of aromatic nitrogens is 2. The molecule has 0 bridgehead atoms. The molecular weight excluding hydrogens is 346 g/mol. The van der Waals surface area contributed by atoms with Crippen molar-refractivity contribution < 1.29 is 14.1 Å². The lowest BCUT2D eigenvalue weighted by molar-refractivity contribution is 0.133. The Bertz CT molecular complexity index is 743. The number of carbonyl (C=O) groups excluding carboxylic acids is 1. The fourth-order valence-corrected chi connectivity index (χ4v) is 2.91. The van der Waals surface area contributed by atoms with Crippen LogP contribution < -0.4 is 10.1 Å². The van der Waals surface area contributed by atoms with Crippen LogP contribution in [0.15, 0.2) is 22.7 Å². The normalized spacial score (nSPS) is 15.2. The number of urea groups is 1. The van der Waals surface area contributed by atoms with Crippen LogP contribution in [0.3, 0.4) is 0 Å². The third-order valence-electron chi connectivity index (χ3n) is 3.99. The predicted molar refractivity (Wildman–Crippen MR) is 92.9 cm³/mol. The second kappa shape index (κ2) is 7.71. The standard InChI is InChI=1S/C16H20ClN5O3/c1-11-18-15(25-20-11)10-21-5-7-22(8-6-21)16(23)19-12-3-4-14(24-2)13(17)9-12/h3-4,9H,5-8,10H2,1-2H3,(H,19,23). The van der Waals surface area contributed by atoms with Gasteiger partial charge in [0, 0.05) is 31.9 Å². The molecule has 1 saturated heterocycles. The lowest BCUT2D eigenvalue weighted by Gasteiger charge is -2.33. The van der Waals surface area contributed by atoms with Crippen LogP contribution in [0.2, 0.25) is 5.02 Å². The molecule has 0 unspecified atom stereocenters. The van der Waals surface area contributed by atoms with Gasteiger partial charge >= 0.3 is 6.03 Å². The summed E-state index contributed by atoms with van der Waals surface area (Å²) in [5.74, 6) is 1.80. The van der Waals surface area contributed by atoms with Crippen molar-refractivity contribution in [2.45, 2.75) is 13.5 Å². The Morgan fingerprint density at radius 1 is 1.36 bits per heavy atom. The van der Waals surface area contributed by atoms with Crippen molar-refractivity contribution in [1.29, 1.82) is 0 Å². The number of methoxy groups -OCH3 is 1. The number of rotatable bonds is 4. The van der Waals surface area contributed by atoms with E-state index in [0.29, 0.717) is 47.8 Å². The highest BCUT2D eigenvalue weighted by Gasteiger charge is 2.22. The highest BCUT2D eigenvalue weighted by Crippen LogP contribution is 2.27. The van der Waals surface area contributed by atoms with Crippen molar-refractivity contribution in [2.75, 3.05) is 38.6 Å². The number of nitrogens with zero attached hydrogens (tertiary/aromatic N) is 4. The molecule has 1 fully saturated rings. The van der Waals surface area contributed by atoms with E-state index in [-0.39, 0.29) is 6.03 Å². The number of halogens is 1. The van der Waals surface area contributed by atoms with Crippen molar-refractivity contribution in [3.63, 3.8) is 0 Å². The lowest BCUT2D eigenvalue weighted by atomic mass is 10.3. The summed E-state index contributed by atoms with van der Waals surface area (Å²) in [7, 11) is 1.55. The summed E-state index contributed by atoms with van der Waals surface area (Å²) in [6.45, 7) is 5.15. The molecule has 1 aliphatic heterocycles. The highest BCUT2D eigenvalue weighted by molar-refractivity contribution is 6.32. The first-order valence-corrected chi connectivity index (χ1v) is 8.34. The van der Waals surface area contributed by atoms with Gasteiger partial charge in [-0.05, 0) is 25.1 Å². The number of aryl methyl sites for hydroxylation is 1. The molecule has 0 atom stereocenters. The summed E-state index contributed by atoms with van der Waals surface area (Å²) >= 11 is 6.08. The molecule has 8 nitrogen and oxygen atoms in total. The lowest BCUT2D eigenvalue weighted by Crippen LogP contribution is -2.49. The van der Waals surface area contributed by atoms with Crippen molar-refractivity contribution in [3.8, 4) is 5.75 Å². The zero-order chi connectivity index (χ0) is 17.8. The Labute approximate surface area is 150 Å². The fourth-order valence-electron chi connectivity index (χ4n) is 2.65. The molecule has 2 amide bonds. The Kier molecular flexibility index (Phi) is 5.40. The maximum atomic E-state index is 12.4. The van der Waals surface area contributed by atoms with E-state index in [1.54, 1.807) is 37.1 Å². The first kappa shape index (κ1) is 17.5. The number of carbonyl (C=O) groups is 1. The first-order chi connectivity index (χ1) is 12.0. The molecule has 0 aliphatic carbocycles. The van der Waals surface area contributed by atoms with E-state index in [1.807, 2.05) is 0 Å². The van der Waals surface area contributed by atoms with Crippen molar-refractivity contribution in [3.05, 3.63) is 34.9 Å². The van der Waals surface area contributed by atoms with Gasteiger partial charge in [-0.2, -0.15) is 4.98 Å². The smallest absolute Gasteiger partial charge is 0.321 e. The van der Waals surface area contributed by atoms with Crippen molar-refractivity contribution in [2.24, 2.45) is 0 Å². The Morgan fingerprint density at radius 3 is 2.72 bits per heavy atom. The quantitative estimate of drug-likeness (QED) is 0.895.